The molecule has 0 amide bonds. The number of halogens is 2. The first-order chi connectivity index (χ1) is 15.3. The third-order valence-corrected chi connectivity index (χ3v) is 5.97. The van der Waals surface area contributed by atoms with Crippen LogP contribution in [0.2, 0.25) is 0 Å². The molecule has 2 aromatic carbocycles. The third-order valence-electron chi connectivity index (χ3n) is 5.97. The van der Waals surface area contributed by atoms with Crippen molar-refractivity contribution in [2.24, 2.45) is 0 Å². The van der Waals surface area contributed by atoms with Gasteiger partial charge in [0.1, 0.15) is 35.9 Å². The van der Waals surface area contributed by atoms with E-state index >= 15 is 0 Å². The predicted molar refractivity (Wildman–Crippen MR) is 134 cm³/mol. The van der Waals surface area contributed by atoms with E-state index in [-0.39, 0.29) is 24.8 Å². The van der Waals surface area contributed by atoms with E-state index in [9.17, 15) is 0 Å². The fourth-order valence-corrected chi connectivity index (χ4v) is 4.15. The smallest absolute Gasteiger partial charge is 0.139 e. The monoisotopic (exact) mass is 498 g/mol. The van der Waals surface area contributed by atoms with Crippen molar-refractivity contribution in [1.29, 1.82) is 0 Å². The molecule has 3 heterocycles. The van der Waals surface area contributed by atoms with Gasteiger partial charge in [-0.2, -0.15) is 0 Å². The van der Waals surface area contributed by atoms with Crippen molar-refractivity contribution in [1.82, 2.24) is 9.80 Å². The van der Waals surface area contributed by atoms with Crippen LogP contribution in [0.1, 0.15) is 0 Å². The fourth-order valence-electron chi connectivity index (χ4n) is 4.15. The molecule has 7 nitrogen and oxygen atoms in total. The molecule has 2 fully saturated rings. The van der Waals surface area contributed by atoms with Crippen molar-refractivity contribution >= 4 is 46.8 Å². The first-order valence-electron chi connectivity index (χ1n) is 11.2. The van der Waals surface area contributed by atoms with E-state index in [1.54, 1.807) is 0 Å². The van der Waals surface area contributed by atoms with Gasteiger partial charge in [0.25, 0.3) is 0 Å². The summed E-state index contributed by atoms with van der Waals surface area (Å²) in [7, 11) is 0. The number of ether oxygens (including phenoxy) is 4. The maximum atomic E-state index is 6.06. The van der Waals surface area contributed by atoms with Crippen LogP contribution in [0, 0.1) is 0 Å². The Morgan fingerprint density at radius 1 is 0.636 bits per heavy atom. The molecule has 33 heavy (non-hydrogen) atoms. The number of morpholine rings is 2. The van der Waals surface area contributed by atoms with Crippen molar-refractivity contribution in [3.8, 4) is 11.5 Å². The van der Waals surface area contributed by atoms with Gasteiger partial charge < -0.3 is 23.4 Å². The molecule has 1 aromatic heterocycles. The lowest BCUT2D eigenvalue weighted by Crippen LogP contribution is -2.38. The molecule has 0 spiro atoms. The summed E-state index contributed by atoms with van der Waals surface area (Å²) >= 11 is 0. The Kier molecular flexibility index (Phi) is 9.92. The molecule has 182 valence electrons. The highest BCUT2D eigenvalue weighted by Crippen LogP contribution is 2.33. The maximum Gasteiger partial charge on any atom is 0.139 e. The molecule has 2 saturated heterocycles. The Labute approximate surface area is 206 Å². The summed E-state index contributed by atoms with van der Waals surface area (Å²) in [6, 6.07) is 12.1. The molecule has 9 heteroatoms. The van der Waals surface area contributed by atoms with Gasteiger partial charge in [0.05, 0.1) is 26.4 Å². The summed E-state index contributed by atoms with van der Waals surface area (Å²) in [5, 5.41) is 2.15. The van der Waals surface area contributed by atoms with E-state index in [0.29, 0.717) is 13.2 Å². The Hall–Kier alpha value is -1.74. The predicted octanol–water partition coefficient (Wildman–Crippen LogP) is 3.85. The van der Waals surface area contributed by atoms with Crippen LogP contribution >= 0.6 is 24.8 Å². The fraction of sp³-hybridized carbons (Fsp3) is 0.500. The van der Waals surface area contributed by atoms with Crippen LogP contribution < -0.4 is 9.47 Å². The summed E-state index contributed by atoms with van der Waals surface area (Å²) in [6.45, 7) is 10.3. The molecular formula is C24H32Cl2N2O5. The van der Waals surface area contributed by atoms with Crippen LogP contribution in [-0.2, 0) is 9.47 Å². The second kappa shape index (κ2) is 12.6. The zero-order valence-corrected chi connectivity index (χ0v) is 20.3. The molecule has 2 aliphatic heterocycles. The van der Waals surface area contributed by atoms with Gasteiger partial charge >= 0.3 is 0 Å². The molecule has 0 saturated carbocycles. The molecule has 0 bridgehead atoms. The lowest BCUT2D eigenvalue weighted by Gasteiger charge is -2.26. The van der Waals surface area contributed by atoms with Gasteiger partial charge in [0.15, 0.2) is 0 Å². The van der Waals surface area contributed by atoms with Crippen LogP contribution in [0.25, 0.3) is 21.9 Å². The maximum absolute atomic E-state index is 6.06. The van der Waals surface area contributed by atoms with Gasteiger partial charge in [0, 0.05) is 56.1 Å². The van der Waals surface area contributed by atoms with Gasteiger partial charge in [-0.25, -0.2) is 0 Å². The minimum absolute atomic E-state index is 0. The largest absolute Gasteiger partial charge is 0.492 e. The topological polar surface area (TPSA) is 56.5 Å². The summed E-state index contributed by atoms with van der Waals surface area (Å²) < 4.78 is 28.8. The van der Waals surface area contributed by atoms with E-state index < -0.39 is 0 Å². The highest BCUT2D eigenvalue weighted by atomic mass is 35.5. The first kappa shape index (κ1) is 25.9. The molecule has 2 aliphatic rings. The molecule has 5 rings (SSSR count). The minimum Gasteiger partial charge on any atom is -0.492 e. The van der Waals surface area contributed by atoms with E-state index in [4.69, 9.17) is 23.4 Å². The Morgan fingerprint density at radius 3 is 1.79 bits per heavy atom. The van der Waals surface area contributed by atoms with E-state index in [1.807, 2.05) is 24.3 Å². The summed E-state index contributed by atoms with van der Waals surface area (Å²) in [5.74, 6) is 1.70. The summed E-state index contributed by atoms with van der Waals surface area (Å²) in [4.78, 5) is 4.74. The average molecular weight is 499 g/mol. The van der Waals surface area contributed by atoms with Crippen LogP contribution in [0.5, 0.6) is 11.5 Å². The summed E-state index contributed by atoms with van der Waals surface area (Å²) in [5.41, 5.74) is 1.70. The highest BCUT2D eigenvalue weighted by molar-refractivity contribution is 6.05. The Bertz CT molecular complexity index is 1000. The van der Waals surface area contributed by atoms with Crippen LogP contribution in [0.3, 0.4) is 0 Å². The van der Waals surface area contributed by atoms with Crippen molar-refractivity contribution in [3.05, 3.63) is 36.4 Å². The van der Waals surface area contributed by atoms with Gasteiger partial charge in [-0.1, -0.05) is 0 Å². The SMILES string of the molecule is Cl.Cl.c1cc2c(cc1OCCN1CCOCC1)oc1ccc(OCCN3CCOCC3)cc12. The van der Waals surface area contributed by atoms with Gasteiger partial charge in [0.2, 0.25) is 0 Å². The molecule has 3 aromatic rings. The van der Waals surface area contributed by atoms with E-state index in [1.165, 1.54) is 0 Å². The van der Waals surface area contributed by atoms with Gasteiger partial charge in [-0.3, -0.25) is 9.80 Å². The number of fused-ring (bicyclic) bond motifs is 3. The number of hydrogen-bond donors (Lipinski definition) is 0. The van der Waals surface area contributed by atoms with Gasteiger partial charge in [-0.15, -0.1) is 24.8 Å². The zero-order chi connectivity index (χ0) is 20.9. The van der Waals surface area contributed by atoms with E-state index in [0.717, 1.165) is 99.1 Å². The highest BCUT2D eigenvalue weighted by Gasteiger charge is 2.13. The van der Waals surface area contributed by atoms with Crippen LogP contribution in [0.15, 0.2) is 40.8 Å². The minimum atomic E-state index is 0. The second-order valence-corrected chi connectivity index (χ2v) is 8.02. The first-order valence-corrected chi connectivity index (χ1v) is 11.2. The van der Waals surface area contributed by atoms with E-state index in [2.05, 4.69) is 21.9 Å². The second-order valence-electron chi connectivity index (χ2n) is 8.02. The number of hydrogen-bond acceptors (Lipinski definition) is 7. The lowest BCUT2D eigenvalue weighted by atomic mass is 10.1. The third kappa shape index (κ3) is 6.66. The molecule has 0 radical (unpaired) electrons. The number of furan rings is 1. The molecule has 0 atom stereocenters. The molecule has 0 unspecified atom stereocenters. The van der Waals surface area contributed by atoms with Crippen molar-refractivity contribution in [2.75, 3.05) is 78.9 Å². The summed E-state index contributed by atoms with van der Waals surface area (Å²) in [6.07, 6.45) is 0. The molecule has 0 N–H and O–H groups in total. The van der Waals surface area contributed by atoms with Crippen molar-refractivity contribution < 1.29 is 23.4 Å². The van der Waals surface area contributed by atoms with Crippen LogP contribution in [-0.4, -0.2) is 88.7 Å². The van der Waals surface area contributed by atoms with Gasteiger partial charge in [-0.05, 0) is 30.3 Å². The lowest BCUT2D eigenvalue weighted by molar-refractivity contribution is 0.0322. The average Bonchev–Trinajstić information content (AvgIpc) is 3.18. The normalized spacial score (nSPS) is 17.5. The molecule has 0 aliphatic carbocycles. The molecular weight excluding hydrogens is 467 g/mol. The number of nitrogens with zero attached hydrogens (tertiary/aromatic N) is 2. The quantitative estimate of drug-likeness (QED) is 0.467. The standard InChI is InChI=1S/C24H30N2O5.2ClH/c1-3-21-22-17-19(29-15-9-25-5-11-27-12-6-25)2-4-23(22)31-24(21)18-20(1)30-16-10-26-7-13-28-14-8-26;;/h1-4,17-18H,5-16H2;2*1H. The van der Waals surface area contributed by atoms with Crippen molar-refractivity contribution in [2.45, 2.75) is 0 Å². The van der Waals surface area contributed by atoms with Crippen LogP contribution in [0.4, 0.5) is 0 Å². The zero-order valence-electron chi connectivity index (χ0n) is 18.7. The Balaban J connectivity index is 0.00000153. The number of rotatable bonds is 8. The number of benzene rings is 2. The Morgan fingerprint density at radius 2 is 1.18 bits per heavy atom. The van der Waals surface area contributed by atoms with Crippen molar-refractivity contribution in [3.63, 3.8) is 0 Å².